The van der Waals surface area contributed by atoms with Gasteiger partial charge in [-0.05, 0) is 73.0 Å². The van der Waals surface area contributed by atoms with Crippen LogP contribution in [-0.4, -0.2) is 27.7 Å². The Morgan fingerprint density at radius 1 is 1.00 bits per heavy atom. The highest BCUT2D eigenvalue weighted by molar-refractivity contribution is 7.92. The van der Waals surface area contributed by atoms with Gasteiger partial charge < -0.3 is 10.1 Å². The lowest BCUT2D eigenvalue weighted by Gasteiger charge is -2.23. The molecule has 186 valence electrons. The molecule has 0 aliphatic rings. The van der Waals surface area contributed by atoms with E-state index in [0.717, 1.165) is 35.6 Å². The maximum Gasteiger partial charge on any atom is 0.416 e. The van der Waals surface area contributed by atoms with Crippen molar-refractivity contribution in [1.82, 2.24) is 0 Å². The number of carbonyl (C=O) groups is 1. The Balaban J connectivity index is 1.89. The van der Waals surface area contributed by atoms with Gasteiger partial charge in [0, 0.05) is 5.56 Å². The third kappa shape index (κ3) is 6.33. The van der Waals surface area contributed by atoms with Gasteiger partial charge in [0.15, 0.2) is 0 Å². The third-order valence-corrected chi connectivity index (χ3v) is 6.61. The predicted octanol–water partition coefficient (Wildman–Crippen LogP) is 5.55. The summed E-state index contributed by atoms with van der Waals surface area (Å²) in [6.07, 6.45) is -3.49. The van der Waals surface area contributed by atoms with Crippen molar-refractivity contribution < 1.29 is 31.1 Å². The molecule has 0 aromatic heterocycles. The molecule has 6 nitrogen and oxygen atoms in total. The van der Waals surface area contributed by atoms with E-state index >= 15 is 0 Å². The summed E-state index contributed by atoms with van der Waals surface area (Å²) >= 11 is 0. The van der Waals surface area contributed by atoms with Gasteiger partial charge in [-0.1, -0.05) is 18.2 Å². The largest absolute Gasteiger partial charge is 0.495 e. The maximum atomic E-state index is 13.1. The lowest BCUT2D eigenvalue weighted by molar-refractivity contribution is -0.137. The van der Waals surface area contributed by atoms with Gasteiger partial charge in [-0.25, -0.2) is 8.42 Å². The van der Waals surface area contributed by atoms with Crippen LogP contribution in [0.4, 0.5) is 24.5 Å². The van der Waals surface area contributed by atoms with E-state index in [-0.39, 0.29) is 23.5 Å². The summed E-state index contributed by atoms with van der Waals surface area (Å²) in [4.78, 5) is 12.9. The van der Waals surface area contributed by atoms with Crippen LogP contribution in [0, 0.1) is 13.8 Å². The molecule has 0 unspecified atom stereocenters. The molecular formula is C25H25F3N2O4S. The van der Waals surface area contributed by atoms with E-state index in [1.165, 1.54) is 23.5 Å². The van der Waals surface area contributed by atoms with Crippen LogP contribution in [0.3, 0.4) is 0 Å². The van der Waals surface area contributed by atoms with Crippen molar-refractivity contribution in [3.05, 3.63) is 88.5 Å². The first kappa shape index (κ1) is 26.1. The average molecular weight is 507 g/mol. The Morgan fingerprint density at radius 2 is 1.71 bits per heavy atom. The molecule has 0 saturated carbocycles. The number of halogens is 3. The first-order chi connectivity index (χ1) is 16.3. The molecule has 0 fully saturated rings. The fourth-order valence-electron chi connectivity index (χ4n) is 3.43. The van der Waals surface area contributed by atoms with Crippen LogP contribution in [0.1, 0.15) is 32.6 Å². The van der Waals surface area contributed by atoms with Crippen molar-refractivity contribution in [3.63, 3.8) is 0 Å². The van der Waals surface area contributed by atoms with Crippen LogP contribution in [0.5, 0.6) is 5.75 Å². The molecule has 0 bridgehead atoms. The quantitative estimate of drug-likeness (QED) is 0.456. The number of anilines is 2. The lowest BCUT2D eigenvalue weighted by Crippen LogP contribution is -2.29. The standard InChI is InChI=1S/C25H25F3N2O4S/c1-16-8-10-21(12-17(16)2)30(35(4,32)33)15-18-6-5-7-19(13-18)24(31)29-22-14-20(25(26,27)28)9-11-23(22)34-3/h5-14H,15H2,1-4H3,(H,29,31). The van der Waals surface area contributed by atoms with Crippen molar-refractivity contribution in [1.29, 1.82) is 0 Å². The summed E-state index contributed by atoms with van der Waals surface area (Å²) in [5, 5.41) is 2.45. The van der Waals surface area contributed by atoms with Gasteiger partial charge >= 0.3 is 6.18 Å². The van der Waals surface area contributed by atoms with Crippen molar-refractivity contribution in [2.75, 3.05) is 23.0 Å². The molecule has 35 heavy (non-hydrogen) atoms. The number of amides is 1. The molecule has 3 aromatic carbocycles. The molecular weight excluding hydrogens is 481 g/mol. The highest BCUT2D eigenvalue weighted by Gasteiger charge is 2.31. The smallest absolute Gasteiger partial charge is 0.416 e. The topological polar surface area (TPSA) is 75.7 Å². The van der Waals surface area contributed by atoms with Crippen LogP contribution in [-0.2, 0) is 22.7 Å². The number of hydrogen-bond acceptors (Lipinski definition) is 4. The van der Waals surface area contributed by atoms with Gasteiger partial charge in [0.2, 0.25) is 10.0 Å². The minimum Gasteiger partial charge on any atom is -0.495 e. The molecule has 1 amide bonds. The van der Waals surface area contributed by atoms with E-state index < -0.39 is 27.7 Å². The van der Waals surface area contributed by atoms with Crippen molar-refractivity contribution in [2.24, 2.45) is 0 Å². The summed E-state index contributed by atoms with van der Waals surface area (Å²) in [6, 6.07) is 14.3. The number of alkyl halides is 3. The Labute approximate surface area is 202 Å². The highest BCUT2D eigenvalue weighted by atomic mass is 32.2. The van der Waals surface area contributed by atoms with Gasteiger partial charge in [-0.3, -0.25) is 9.10 Å². The third-order valence-electron chi connectivity index (χ3n) is 5.47. The minimum atomic E-state index is -4.59. The number of hydrogen-bond donors (Lipinski definition) is 1. The SMILES string of the molecule is COc1ccc(C(F)(F)F)cc1NC(=O)c1cccc(CN(c2ccc(C)c(C)c2)S(C)(=O)=O)c1. The summed E-state index contributed by atoms with van der Waals surface area (Å²) < 4.78 is 70.7. The number of methoxy groups -OCH3 is 1. The van der Waals surface area contributed by atoms with Gasteiger partial charge in [0.25, 0.3) is 5.91 Å². The molecule has 3 aromatic rings. The number of carbonyl (C=O) groups excluding carboxylic acids is 1. The Hall–Kier alpha value is -3.53. The Bertz CT molecular complexity index is 1360. The fraction of sp³-hybridized carbons (Fsp3) is 0.240. The summed E-state index contributed by atoms with van der Waals surface area (Å²) in [5.74, 6) is -0.595. The van der Waals surface area contributed by atoms with Crippen LogP contribution >= 0.6 is 0 Å². The summed E-state index contributed by atoms with van der Waals surface area (Å²) in [7, 11) is -2.36. The molecule has 0 radical (unpaired) electrons. The van der Waals surface area contributed by atoms with Crippen molar-refractivity contribution >= 4 is 27.3 Å². The number of aryl methyl sites for hydroxylation is 2. The van der Waals surface area contributed by atoms with Gasteiger partial charge in [0.05, 0.1) is 36.8 Å². The number of rotatable bonds is 7. The number of benzene rings is 3. The summed E-state index contributed by atoms with van der Waals surface area (Å²) in [5.41, 5.74) is 2.04. The van der Waals surface area contributed by atoms with E-state index in [0.29, 0.717) is 11.3 Å². The van der Waals surface area contributed by atoms with E-state index in [1.807, 2.05) is 19.9 Å². The van der Waals surface area contributed by atoms with E-state index in [4.69, 9.17) is 4.74 Å². The zero-order valence-electron chi connectivity index (χ0n) is 19.6. The Kier molecular flexibility index (Phi) is 7.44. The van der Waals surface area contributed by atoms with Crippen molar-refractivity contribution in [3.8, 4) is 5.75 Å². The zero-order valence-corrected chi connectivity index (χ0v) is 20.4. The lowest BCUT2D eigenvalue weighted by atomic mass is 10.1. The van der Waals surface area contributed by atoms with Crippen LogP contribution in [0.15, 0.2) is 60.7 Å². The van der Waals surface area contributed by atoms with E-state index in [2.05, 4.69) is 5.32 Å². The first-order valence-electron chi connectivity index (χ1n) is 10.5. The fourth-order valence-corrected chi connectivity index (χ4v) is 4.31. The van der Waals surface area contributed by atoms with Crippen LogP contribution < -0.4 is 14.4 Å². The first-order valence-corrected chi connectivity index (χ1v) is 12.3. The number of nitrogens with zero attached hydrogens (tertiary/aromatic N) is 1. The second kappa shape index (κ2) is 9.99. The molecule has 0 aliphatic heterocycles. The molecule has 0 atom stereocenters. The van der Waals surface area contributed by atoms with Crippen molar-refractivity contribution in [2.45, 2.75) is 26.6 Å². The van der Waals surface area contributed by atoms with E-state index in [9.17, 15) is 26.4 Å². The minimum absolute atomic E-state index is 0.0324. The maximum absolute atomic E-state index is 13.1. The molecule has 0 saturated heterocycles. The molecule has 0 spiro atoms. The number of nitrogens with one attached hydrogen (secondary N) is 1. The number of ether oxygens (including phenoxy) is 1. The van der Waals surface area contributed by atoms with Crippen LogP contribution in [0.2, 0.25) is 0 Å². The summed E-state index contributed by atoms with van der Waals surface area (Å²) in [6.45, 7) is 3.77. The van der Waals surface area contributed by atoms with Gasteiger partial charge in [-0.15, -0.1) is 0 Å². The number of sulfonamides is 1. The monoisotopic (exact) mass is 506 g/mol. The molecule has 0 aliphatic carbocycles. The second-order valence-electron chi connectivity index (χ2n) is 8.11. The van der Waals surface area contributed by atoms with Gasteiger partial charge in [0.1, 0.15) is 5.75 Å². The predicted molar refractivity (Wildman–Crippen MR) is 129 cm³/mol. The molecule has 3 rings (SSSR count). The average Bonchev–Trinajstić information content (AvgIpc) is 2.78. The molecule has 10 heteroatoms. The molecule has 0 heterocycles. The van der Waals surface area contributed by atoms with E-state index in [1.54, 1.807) is 24.3 Å². The van der Waals surface area contributed by atoms with Crippen LogP contribution in [0.25, 0.3) is 0 Å². The highest BCUT2D eigenvalue weighted by Crippen LogP contribution is 2.35. The molecule has 1 N–H and O–H groups in total. The normalized spacial score (nSPS) is 11.7. The van der Waals surface area contributed by atoms with Gasteiger partial charge in [-0.2, -0.15) is 13.2 Å². The second-order valence-corrected chi connectivity index (χ2v) is 10.0. The zero-order chi connectivity index (χ0) is 26.0. The Morgan fingerprint density at radius 3 is 2.31 bits per heavy atom.